The van der Waals surface area contributed by atoms with Gasteiger partial charge in [-0.25, -0.2) is 8.42 Å². The number of nitrogens with one attached hydrogen (secondary N) is 3. The molecule has 8 nitrogen and oxygen atoms in total. The van der Waals surface area contributed by atoms with E-state index in [1.54, 1.807) is 0 Å². The lowest BCUT2D eigenvalue weighted by Gasteiger charge is -2.27. The highest BCUT2D eigenvalue weighted by atomic mass is 32.2. The number of aromatic nitrogens is 2. The Morgan fingerprint density at radius 2 is 2.08 bits per heavy atom. The minimum atomic E-state index is -4.59. The standard InChI is InChI=1S/C14H16F3N5O3S/c1-26(24,25)22-11-3-2-8(14(15,16)17)4-10(11)13(21-22)19-7-12(23)20-9-5-18-6-9/h2-4,9,18H,5-7H2,1H3,(H,19,21)(H,20,23). The highest BCUT2D eigenvalue weighted by molar-refractivity contribution is 7.89. The fourth-order valence-corrected chi connectivity index (χ4v) is 3.23. The predicted molar refractivity (Wildman–Crippen MR) is 88.3 cm³/mol. The van der Waals surface area contributed by atoms with E-state index in [1.807, 2.05) is 0 Å². The number of amides is 1. The number of halogens is 3. The van der Waals surface area contributed by atoms with Gasteiger partial charge in [-0.1, -0.05) is 0 Å². The quantitative estimate of drug-likeness (QED) is 0.680. The molecule has 0 aliphatic carbocycles. The molecule has 1 aromatic carbocycles. The summed E-state index contributed by atoms with van der Waals surface area (Å²) in [5.74, 6) is -0.482. The van der Waals surface area contributed by atoms with Crippen LogP contribution in [0.4, 0.5) is 19.0 Å². The second-order valence-corrected chi connectivity index (χ2v) is 7.77. The number of anilines is 1. The molecule has 12 heteroatoms. The van der Waals surface area contributed by atoms with E-state index < -0.39 is 21.8 Å². The molecule has 2 aromatic rings. The molecule has 3 N–H and O–H groups in total. The highest BCUT2D eigenvalue weighted by Gasteiger charge is 2.31. The van der Waals surface area contributed by atoms with Gasteiger partial charge in [-0.3, -0.25) is 4.79 Å². The monoisotopic (exact) mass is 391 g/mol. The van der Waals surface area contributed by atoms with Crippen molar-refractivity contribution in [3.05, 3.63) is 23.8 Å². The van der Waals surface area contributed by atoms with Crippen molar-refractivity contribution in [1.82, 2.24) is 19.8 Å². The number of carbonyl (C=O) groups excluding carboxylic acids is 1. The number of rotatable bonds is 5. The molecule has 3 rings (SSSR count). The Morgan fingerprint density at radius 1 is 1.38 bits per heavy atom. The summed E-state index contributed by atoms with van der Waals surface area (Å²) in [7, 11) is -3.83. The Kier molecular flexibility index (Phi) is 4.56. The van der Waals surface area contributed by atoms with Gasteiger partial charge in [0.2, 0.25) is 5.91 Å². The zero-order valence-corrected chi connectivity index (χ0v) is 14.4. The van der Waals surface area contributed by atoms with Gasteiger partial charge in [0.05, 0.1) is 29.9 Å². The SMILES string of the molecule is CS(=O)(=O)n1nc(NCC(=O)NC2CNC2)c2cc(C(F)(F)F)ccc21. The number of carbonyl (C=O) groups is 1. The van der Waals surface area contributed by atoms with E-state index in [9.17, 15) is 26.4 Å². The fraction of sp³-hybridized carbons (Fsp3) is 0.429. The van der Waals surface area contributed by atoms with E-state index in [1.165, 1.54) is 0 Å². The first-order chi connectivity index (χ1) is 12.1. The summed E-state index contributed by atoms with van der Waals surface area (Å²) in [6.45, 7) is 1.04. The van der Waals surface area contributed by atoms with Crippen molar-refractivity contribution in [2.75, 3.05) is 31.2 Å². The molecule has 0 radical (unpaired) electrons. The van der Waals surface area contributed by atoms with Crippen molar-refractivity contribution in [2.24, 2.45) is 0 Å². The van der Waals surface area contributed by atoms with Gasteiger partial charge >= 0.3 is 6.18 Å². The zero-order chi connectivity index (χ0) is 19.1. The molecule has 1 saturated heterocycles. The predicted octanol–water partition coefficient (Wildman–Crippen LogP) is 0.363. The van der Waals surface area contributed by atoms with Crippen LogP contribution in [0.15, 0.2) is 18.2 Å². The van der Waals surface area contributed by atoms with Gasteiger partial charge in [0, 0.05) is 18.5 Å². The highest BCUT2D eigenvalue weighted by Crippen LogP contribution is 2.33. The molecule has 0 atom stereocenters. The number of hydrogen-bond acceptors (Lipinski definition) is 6. The van der Waals surface area contributed by atoms with Gasteiger partial charge in [-0.2, -0.15) is 17.3 Å². The smallest absolute Gasteiger partial charge is 0.359 e. The Morgan fingerprint density at radius 3 is 2.62 bits per heavy atom. The van der Waals surface area contributed by atoms with Gasteiger partial charge in [-0.05, 0) is 18.2 Å². The average Bonchev–Trinajstić information content (AvgIpc) is 2.86. The van der Waals surface area contributed by atoms with Crippen LogP contribution in [-0.4, -0.2) is 55.4 Å². The van der Waals surface area contributed by atoms with Crippen molar-refractivity contribution in [3.8, 4) is 0 Å². The normalized spacial score (nSPS) is 15.7. The van der Waals surface area contributed by atoms with Crippen LogP contribution in [0.2, 0.25) is 0 Å². The number of nitrogens with zero attached hydrogens (tertiary/aromatic N) is 2. The van der Waals surface area contributed by atoms with Crippen molar-refractivity contribution >= 4 is 32.7 Å². The zero-order valence-electron chi connectivity index (χ0n) is 13.6. The summed E-state index contributed by atoms with van der Waals surface area (Å²) >= 11 is 0. The van der Waals surface area contributed by atoms with E-state index in [2.05, 4.69) is 21.0 Å². The number of benzene rings is 1. The van der Waals surface area contributed by atoms with E-state index in [0.29, 0.717) is 17.2 Å². The van der Waals surface area contributed by atoms with E-state index >= 15 is 0 Å². The minimum absolute atomic E-state index is 0.00598. The Bertz CT molecular complexity index is 951. The van der Waals surface area contributed by atoms with Crippen molar-refractivity contribution in [1.29, 1.82) is 0 Å². The Balaban J connectivity index is 1.92. The van der Waals surface area contributed by atoms with E-state index in [-0.39, 0.29) is 35.2 Å². The molecule has 0 spiro atoms. The molecule has 1 fully saturated rings. The summed E-state index contributed by atoms with van der Waals surface area (Å²) < 4.78 is 63.2. The van der Waals surface area contributed by atoms with Gasteiger partial charge in [0.1, 0.15) is 0 Å². The van der Waals surface area contributed by atoms with Crippen LogP contribution in [-0.2, 0) is 21.0 Å². The number of alkyl halides is 3. The molecule has 0 saturated carbocycles. The van der Waals surface area contributed by atoms with Crippen LogP contribution in [0.1, 0.15) is 5.56 Å². The topological polar surface area (TPSA) is 105 Å². The van der Waals surface area contributed by atoms with Gasteiger partial charge in [0.25, 0.3) is 10.0 Å². The van der Waals surface area contributed by atoms with Crippen LogP contribution in [0.5, 0.6) is 0 Å². The molecule has 0 bridgehead atoms. The molecular weight excluding hydrogens is 375 g/mol. The molecule has 1 amide bonds. The maximum Gasteiger partial charge on any atom is 0.416 e. The average molecular weight is 391 g/mol. The summed E-state index contributed by atoms with van der Waals surface area (Å²) in [6.07, 6.45) is -3.70. The summed E-state index contributed by atoms with van der Waals surface area (Å²) in [5, 5.41) is 12.1. The fourth-order valence-electron chi connectivity index (χ4n) is 2.48. The number of hydrogen-bond donors (Lipinski definition) is 3. The second kappa shape index (κ2) is 6.43. The van der Waals surface area contributed by atoms with Crippen LogP contribution >= 0.6 is 0 Å². The molecular formula is C14H16F3N5O3S. The van der Waals surface area contributed by atoms with Crippen molar-refractivity contribution in [3.63, 3.8) is 0 Å². The third-order valence-corrected chi connectivity index (χ3v) is 4.76. The molecule has 1 aromatic heterocycles. The molecule has 142 valence electrons. The Labute approximate surface area is 146 Å². The minimum Gasteiger partial charge on any atom is -0.359 e. The third-order valence-electron chi connectivity index (χ3n) is 3.85. The van der Waals surface area contributed by atoms with E-state index in [4.69, 9.17) is 0 Å². The maximum atomic E-state index is 13.0. The first kappa shape index (κ1) is 18.5. The molecule has 1 aliphatic rings. The summed E-state index contributed by atoms with van der Waals surface area (Å²) in [4.78, 5) is 11.9. The summed E-state index contributed by atoms with van der Waals surface area (Å²) in [5.41, 5.74) is -0.947. The maximum absolute atomic E-state index is 13.0. The van der Waals surface area contributed by atoms with Crippen molar-refractivity contribution < 1.29 is 26.4 Å². The lowest BCUT2D eigenvalue weighted by molar-refractivity contribution is -0.137. The van der Waals surface area contributed by atoms with Gasteiger partial charge in [0.15, 0.2) is 5.82 Å². The molecule has 0 unspecified atom stereocenters. The molecule has 2 heterocycles. The lowest BCUT2D eigenvalue weighted by atomic mass is 10.1. The number of fused-ring (bicyclic) bond motifs is 1. The van der Waals surface area contributed by atoms with Crippen LogP contribution in [0.25, 0.3) is 10.9 Å². The van der Waals surface area contributed by atoms with Crippen molar-refractivity contribution in [2.45, 2.75) is 12.2 Å². The molecule has 1 aliphatic heterocycles. The summed E-state index contributed by atoms with van der Waals surface area (Å²) in [6, 6.07) is 2.63. The second-order valence-electron chi connectivity index (χ2n) is 5.96. The first-order valence-electron chi connectivity index (χ1n) is 7.60. The van der Waals surface area contributed by atoms with E-state index in [0.717, 1.165) is 24.5 Å². The largest absolute Gasteiger partial charge is 0.416 e. The van der Waals surface area contributed by atoms with Crippen LogP contribution < -0.4 is 16.0 Å². The Hall–Kier alpha value is -2.34. The first-order valence-corrected chi connectivity index (χ1v) is 9.45. The van der Waals surface area contributed by atoms with Crippen LogP contribution in [0, 0.1) is 0 Å². The van der Waals surface area contributed by atoms with Gasteiger partial charge < -0.3 is 16.0 Å². The lowest BCUT2D eigenvalue weighted by Crippen LogP contribution is -2.57. The van der Waals surface area contributed by atoms with Gasteiger partial charge in [-0.15, -0.1) is 5.10 Å². The van der Waals surface area contributed by atoms with Crippen LogP contribution in [0.3, 0.4) is 0 Å². The molecule has 26 heavy (non-hydrogen) atoms. The third kappa shape index (κ3) is 3.75.